The van der Waals surface area contributed by atoms with Gasteiger partial charge in [-0.15, -0.1) is 0 Å². The third-order valence-corrected chi connectivity index (χ3v) is 5.25. The molecule has 0 saturated heterocycles. The largest absolute Gasteiger partial charge is 0.497 e. The van der Waals surface area contributed by atoms with Gasteiger partial charge < -0.3 is 24.8 Å². The molecule has 2 aromatic rings. The highest BCUT2D eigenvalue weighted by atomic mass is 32.1. The van der Waals surface area contributed by atoms with E-state index in [0.717, 1.165) is 49.3 Å². The Kier molecular flexibility index (Phi) is 8.06. The summed E-state index contributed by atoms with van der Waals surface area (Å²) in [6.07, 6.45) is 0.992. The van der Waals surface area contributed by atoms with Gasteiger partial charge in [0, 0.05) is 25.2 Å². The smallest absolute Gasteiger partial charge is 0.253 e. The number of hydrogen-bond acceptors (Lipinski definition) is 4. The van der Waals surface area contributed by atoms with Gasteiger partial charge in [-0.05, 0) is 61.9 Å². The lowest BCUT2D eigenvalue weighted by Crippen LogP contribution is -2.40. The predicted octanol–water partition coefficient (Wildman–Crippen LogP) is 2.57. The summed E-state index contributed by atoms with van der Waals surface area (Å²) in [7, 11) is 3.43. The first-order chi connectivity index (χ1) is 13.0. The number of rotatable bonds is 9. The quantitative estimate of drug-likeness (QED) is 0.642. The van der Waals surface area contributed by atoms with Crippen LogP contribution in [0.4, 0.5) is 0 Å². The number of methoxy groups -OCH3 is 1. The van der Waals surface area contributed by atoms with E-state index in [4.69, 9.17) is 17.0 Å². The van der Waals surface area contributed by atoms with Crippen molar-refractivity contribution in [3.8, 4) is 5.75 Å². The molecular weight excluding hydrogens is 360 g/mol. The molecule has 7 heteroatoms. The minimum atomic E-state index is -0.0941. The van der Waals surface area contributed by atoms with Gasteiger partial charge in [-0.1, -0.05) is 13.8 Å². The molecule has 27 heavy (non-hydrogen) atoms. The molecule has 0 atom stereocenters. The minimum absolute atomic E-state index is 0.0941. The van der Waals surface area contributed by atoms with Gasteiger partial charge in [-0.2, -0.15) is 0 Å². The van der Waals surface area contributed by atoms with Gasteiger partial charge in [0.2, 0.25) is 0 Å². The first kappa shape index (κ1) is 21.2. The first-order valence-electron chi connectivity index (χ1n) is 9.41. The molecule has 0 saturated carbocycles. The van der Waals surface area contributed by atoms with Crippen LogP contribution in [0.3, 0.4) is 0 Å². The van der Waals surface area contributed by atoms with Crippen LogP contribution < -0.4 is 15.6 Å². The third-order valence-electron chi connectivity index (χ3n) is 4.79. The normalized spacial score (nSPS) is 11.0. The molecule has 0 spiro atoms. The van der Waals surface area contributed by atoms with Crippen molar-refractivity contribution in [3.05, 3.63) is 40.2 Å². The second kappa shape index (κ2) is 10.3. The number of pyridine rings is 1. The number of thiocarbonyl (C=S) groups is 1. The van der Waals surface area contributed by atoms with Gasteiger partial charge in [-0.3, -0.25) is 4.79 Å². The van der Waals surface area contributed by atoms with Crippen LogP contribution in [0.2, 0.25) is 0 Å². The summed E-state index contributed by atoms with van der Waals surface area (Å²) in [5, 5.41) is 4.67. The van der Waals surface area contributed by atoms with E-state index in [9.17, 15) is 4.79 Å². The number of nitrogens with zero attached hydrogens (tertiary/aromatic N) is 2. The number of H-pyrrole nitrogens is 1. The Bertz CT molecular complexity index is 817. The Balaban J connectivity index is 2.17. The number of aromatic nitrogens is 1. The van der Waals surface area contributed by atoms with Crippen molar-refractivity contribution in [2.24, 2.45) is 0 Å². The molecule has 0 aliphatic rings. The van der Waals surface area contributed by atoms with Crippen molar-refractivity contribution in [3.63, 3.8) is 0 Å². The van der Waals surface area contributed by atoms with Gasteiger partial charge in [0.1, 0.15) is 5.75 Å². The second-order valence-electron chi connectivity index (χ2n) is 6.43. The van der Waals surface area contributed by atoms with Gasteiger partial charge in [0.05, 0.1) is 19.2 Å². The standard InChI is InChI=1S/C20H30N4O2S/c1-5-23(6-2)10-7-11-24(20(27)21-3)14-16-12-15-8-9-17(26-4)13-18(15)22-19(16)25/h8-9,12-13H,5-7,10-11,14H2,1-4H3,(H,21,27)(H,22,25). The maximum absolute atomic E-state index is 12.6. The molecule has 0 aliphatic heterocycles. The molecule has 0 radical (unpaired) electrons. The van der Waals surface area contributed by atoms with Crippen molar-refractivity contribution in [2.75, 3.05) is 40.3 Å². The number of fused-ring (bicyclic) bond motifs is 1. The van der Waals surface area contributed by atoms with Crippen molar-refractivity contribution in [2.45, 2.75) is 26.8 Å². The van der Waals surface area contributed by atoms with Crippen LogP contribution in [0.25, 0.3) is 10.9 Å². The lowest BCUT2D eigenvalue weighted by molar-refractivity contribution is 0.279. The van der Waals surface area contributed by atoms with Gasteiger partial charge in [-0.25, -0.2) is 0 Å². The summed E-state index contributed by atoms with van der Waals surface area (Å²) in [6, 6.07) is 7.61. The molecule has 1 heterocycles. The van der Waals surface area contributed by atoms with E-state index in [0.29, 0.717) is 17.2 Å². The molecule has 1 aromatic carbocycles. The Labute approximate surface area is 166 Å². The summed E-state index contributed by atoms with van der Waals surface area (Å²) in [6.45, 7) is 8.73. The SMILES string of the molecule is CCN(CC)CCCN(Cc1cc2ccc(OC)cc2[nH]c1=O)C(=S)NC. The third kappa shape index (κ3) is 5.68. The summed E-state index contributed by atoms with van der Waals surface area (Å²) >= 11 is 5.46. The predicted molar refractivity (Wildman–Crippen MR) is 116 cm³/mol. The summed E-state index contributed by atoms with van der Waals surface area (Å²) in [5.74, 6) is 0.722. The maximum Gasteiger partial charge on any atom is 0.253 e. The zero-order valence-electron chi connectivity index (χ0n) is 16.7. The number of nitrogens with one attached hydrogen (secondary N) is 2. The topological polar surface area (TPSA) is 60.6 Å². The first-order valence-corrected chi connectivity index (χ1v) is 9.82. The number of hydrogen-bond donors (Lipinski definition) is 2. The van der Waals surface area contributed by atoms with Crippen LogP contribution in [0.1, 0.15) is 25.8 Å². The molecule has 0 fully saturated rings. The Hall–Kier alpha value is -2.12. The van der Waals surface area contributed by atoms with Crippen LogP contribution >= 0.6 is 12.2 Å². The summed E-state index contributed by atoms with van der Waals surface area (Å²) in [4.78, 5) is 20.0. The minimum Gasteiger partial charge on any atom is -0.497 e. The fourth-order valence-electron chi connectivity index (χ4n) is 3.11. The fraction of sp³-hybridized carbons (Fsp3) is 0.500. The highest BCUT2D eigenvalue weighted by molar-refractivity contribution is 7.80. The van der Waals surface area contributed by atoms with Gasteiger partial charge >= 0.3 is 0 Å². The Morgan fingerprint density at radius 2 is 1.96 bits per heavy atom. The second-order valence-corrected chi connectivity index (χ2v) is 6.82. The highest BCUT2D eigenvalue weighted by Crippen LogP contribution is 2.19. The molecular formula is C20H30N4O2S. The monoisotopic (exact) mass is 390 g/mol. The average molecular weight is 391 g/mol. The molecule has 0 bridgehead atoms. The van der Waals surface area contributed by atoms with E-state index in [1.165, 1.54) is 0 Å². The highest BCUT2D eigenvalue weighted by Gasteiger charge is 2.13. The number of aromatic amines is 1. The number of ether oxygens (including phenoxy) is 1. The maximum atomic E-state index is 12.6. The van der Waals surface area contributed by atoms with Gasteiger partial charge in [0.15, 0.2) is 5.11 Å². The number of benzene rings is 1. The van der Waals surface area contributed by atoms with E-state index in [1.807, 2.05) is 31.3 Å². The van der Waals surface area contributed by atoms with Crippen LogP contribution in [-0.2, 0) is 6.54 Å². The molecule has 148 valence electrons. The van der Waals surface area contributed by atoms with Gasteiger partial charge in [0.25, 0.3) is 5.56 Å². The summed E-state index contributed by atoms with van der Waals surface area (Å²) in [5.41, 5.74) is 1.38. The molecule has 6 nitrogen and oxygen atoms in total. The van der Waals surface area contributed by atoms with Crippen molar-refractivity contribution in [1.29, 1.82) is 0 Å². The van der Waals surface area contributed by atoms with E-state index >= 15 is 0 Å². The van der Waals surface area contributed by atoms with E-state index < -0.39 is 0 Å². The van der Waals surface area contributed by atoms with Crippen LogP contribution in [0, 0.1) is 0 Å². The lowest BCUT2D eigenvalue weighted by atomic mass is 10.1. The molecule has 0 aliphatic carbocycles. The Morgan fingerprint density at radius 3 is 2.59 bits per heavy atom. The van der Waals surface area contributed by atoms with Crippen molar-refractivity contribution in [1.82, 2.24) is 20.1 Å². The lowest BCUT2D eigenvalue weighted by Gasteiger charge is -2.26. The van der Waals surface area contributed by atoms with Crippen LogP contribution in [0.5, 0.6) is 5.75 Å². The van der Waals surface area contributed by atoms with E-state index in [1.54, 1.807) is 7.11 Å². The van der Waals surface area contributed by atoms with Crippen molar-refractivity contribution < 1.29 is 4.74 Å². The summed E-state index contributed by atoms with van der Waals surface area (Å²) < 4.78 is 5.23. The Morgan fingerprint density at radius 1 is 1.22 bits per heavy atom. The zero-order chi connectivity index (χ0) is 19.8. The molecule has 0 amide bonds. The average Bonchev–Trinajstić information content (AvgIpc) is 2.69. The van der Waals surface area contributed by atoms with E-state index in [-0.39, 0.29) is 5.56 Å². The molecule has 2 N–H and O–H groups in total. The molecule has 0 unspecified atom stereocenters. The van der Waals surface area contributed by atoms with Crippen LogP contribution in [-0.4, -0.2) is 60.2 Å². The molecule has 2 rings (SSSR count). The molecule has 1 aromatic heterocycles. The van der Waals surface area contributed by atoms with Crippen LogP contribution in [0.15, 0.2) is 29.1 Å². The van der Waals surface area contributed by atoms with Crippen molar-refractivity contribution >= 4 is 28.2 Å². The fourth-order valence-corrected chi connectivity index (χ4v) is 3.27. The van der Waals surface area contributed by atoms with E-state index in [2.05, 4.69) is 33.9 Å². The zero-order valence-corrected chi connectivity index (χ0v) is 17.5.